The highest BCUT2D eigenvalue weighted by Gasteiger charge is 2.39. The molecule has 0 atom stereocenters. The molecule has 2 aliphatic carbocycles. The molecule has 0 aromatic heterocycles. The first kappa shape index (κ1) is 7.60. The van der Waals surface area contributed by atoms with Gasteiger partial charge in [0.15, 0.2) is 0 Å². The van der Waals surface area contributed by atoms with Crippen molar-refractivity contribution in [2.45, 2.75) is 51.0 Å². The van der Waals surface area contributed by atoms with E-state index in [0.717, 1.165) is 11.5 Å². The molecular formula is C10H19N. The normalized spacial score (nSPS) is 30.3. The highest BCUT2D eigenvalue weighted by atomic mass is 14.9. The van der Waals surface area contributed by atoms with Crippen molar-refractivity contribution in [3.8, 4) is 0 Å². The molecule has 2 fully saturated rings. The minimum absolute atomic E-state index is 0.834. The molecule has 11 heavy (non-hydrogen) atoms. The Balaban J connectivity index is 1.84. The van der Waals surface area contributed by atoms with Crippen molar-refractivity contribution in [3.05, 3.63) is 0 Å². The maximum absolute atomic E-state index is 3.39. The van der Waals surface area contributed by atoms with Crippen LogP contribution in [-0.2, 0) is 0 Å². The second-order valence-electron chi connectivity index (χ2n) is 4.42. The lowest BCUT2D eigenvalue weighted by Gasteiger charge is -2.47. The van der Waals surface area contributed by atoms with Crippen LogP contribution in [-0.4, -0.2) is 13.1 Å². The zero-order valence-corrected chi connectivity index (χ0v) is 7.53. The zero-order valence-electron chi connectivity index (χ0n) is 7.53. The summed E-state index contributed by atoms with van der Waals surface area (Å²) in [5.41, 5.74) is 0.841. The van der Waals surface area contributed by atoms with Crippen molar-refractivity contribution in [2.75, 3.05) is 7.05 Å². The molecule has 0 bridgehead atoms. The minimum atomic E-state index is 0.834. The van der Waals surface area contributed by atoms with E-state index in [9.17, 15) is 0 Å². The Hall–Kier alpha value is -0.0400. The molecule has 0 radical (unpaired) electrons. The molecule has 2 aliphatic rings. The van der Waals surface area contributed by atoms with Gasteiger partial charge >= 0.3 is 0 Å². The number of hydrogen-bond acceptors (Lipinski definition) is 1. The van der Waals surface area contributed by atoms with Gasteiger partial charge in [-0.1, -0.05) is 6.42 Å². The second kappa shape index (κ2) is 2.78. The van der Waals surface area contributed by atoms with E-state index >= 15 is 0 Å². The molecule has 0 saturated heterocycles. The summed E-state index contributed by atoms with van der Waals surface area (Å²) in [4.78, 5) is 0. The Morgan fingerprint density at radius 3 is 2.09 bits per heavy atom. The smallest absolute Gasteiger partial charge is 0.00644 e. The molecule has 0 aliphatic heterocycles. The van der Waals surface area contributed by atoms with Crippen molar-refractivity contribution in [3.63, 3.8) is 0 Å². The average Bonchev–Trinajstić information content (AvgIpc) is 2.02. The summed E-state index contributed by atoms with van der Waals surface area (Å²) >= 11 is 0. The molecule has 1 N–H and O–H groups in total. The highest BCUT2D eigenvalue weighted by Crippen LogP contribution is 2.51. The van der Waals surface area contributed by atoms with Gasteiger partial charge in [-0.05, 0) is 51.0 Å². The third kappa shape index (κ3) is 1.31. The Labute approximate surface area is 69.6 Å². The van der Waals surface area contributed by atoms with E-state index < -0.39 is 0 Å². The molecule has 2 saturated carbocycles. The quantitative estimate of drug-likeness (QED) is 0.609. The van der Waals surface area contributed by atoms with Gasteiger partial charge in [0, 0.05) is 6.04 Å². The van der Waals surface area contributed by atoms with Gasteiger partial charge in [-0.15, -0.1) is 0 Å². The van der Waals surface area contributed by atoms with Crippen molar-refractivity contribution in [1.82, 2.24) is 5.32 Å². The maximum Gasteiger partial charge on any atom is 0.00644 e. The third-order valence-corrected chi connectivity index (χ3v) is 3.87. The van der Waals surface area contributed by atoms with Crippen molar-refractivity contribution < 1.29 is 0 Å². The maximum atomic E-state index is 3.39. The lowest BCUT2D eigenvalue weighted by Crippen LogP contribution is -2.39. The summed E-state index contributed by atoms with van der Waals surface area (Å²) in [5, 5.41) is 3.39. The molecule has 0 unspecified atom stereocenters. The first-order valence-electron chi connectivity index (χ1n) is 5.02. The molecule has 0 aromatic rings. The van der Waals surface area contributed by atoms with Gasteiger partial charge in [0.05, 0.1) is 0 Å². The summed E-state index contributed by atoms with van der Waals surface area (Å²) in [5.74, 6) is 0. The Morgan fingerprint density at radius 1 is 1.09 bits per heavy atom. The number of hydrogen-bond donors (Lipinski definition) is 1. The van der Waals surface area contributed by atoms with Gasteiger partial charge in [-0.25, -0.2) is 0 Å². The van der Waals surface area contributed by atoms with Crippen LogP contribution in [0.4, 0.5) is 0 Å². The van der Waals surface area contributed by atoms with Crippen LogP contribution >= 0.6 is 0 Å². The Morgan fingerprint density at radius 2 is 1.73 bits per heavy atom. The van der Waals surface area contributed by atoms with Crippen LogP contribution in [0.25, 0.3) is 0 Å². The van der Waals surface area contributed by atoms with Crippen LogP contribution in [0.2, 0.25) is 0 Å². The molecule has 2 rings (SSSR count). The number of rotatable bonds is 1. The van der Waals surface area contributed by atoms with E-state index in [2.05, 4.69) is 12.4 Å². The number of nitrogens with one attached hydrogen (secondary N) is 1. The summed E-state index contributed by atoms with van der Waals surface area (Å²) in [6.07, 6.45) is 10.4. The van der Waals surface area contributed by atoms with Crippen molar-refractivity contribution >= 4 is 0 Å². The monoisotopic (exact) mass is 153 g/mol. The van der Waals surface area contributed by atoms with Gasteiger partial charge in [0.1, 0.15) is 0 Å². The van der Waals surface area contributed by atoms with E-state index in [1.165, 1.54) is 44.9 Å². The average molecular weight is 153 g/mol. The van der Waals surface area contributed by atoms with Crippen LogP contribution in [0.1, 0.15) is 44.9 Å². The minimum Gasteiger partial charge on any atom is -0.317 e. The van der Waals surface area contributed by atoms with Gasteiger partial charge < -0.3 is 5.32 Å². The largest absolute Gasteiger partial charge is 0.317 e. The summed E-state index contributed by atoms with van der Waals surface area (Å²) in [6, 6.07) is 0.834. The fourth-order valence-electron chi connectivity index (χ4n) is 2.70. The van der Waals surface area contributed by atoms with Crippen LogP contribution in [0.5, 0.6) is 0 Å². The molecule has 64 valence electrons. The van der Waals surface area contributed by atoms with Gasteiger partial charge in [0.2, 0.25) is 0 Å². The lowest BCUT2D eigenvalue weighted by molar-refractivity contribution is 0.0655. The van der Waals surface area contributed by atoms with Gasteiger partial charge in [-0.3, -0.25) is 0 Å². The molecule has 1 spiro atoms. The lowest BCUT2D eigenvalue weighted by atomic mass is 9.60. The molecular weight excluding hydrogens is 134 g/mol. The van der Waals surface area contributed by atoms with Crippen molar-refractivity contribution in [1.29, 1.82) is 0 Å². The first-order valence-corrected chi connectivity index (χ1v) is 5.02. The molecule has 0 heterocycles. The van der Waals surface area contributed by atoms with Crippen LogP contribution in [0.3, 0.4) is 0 Å². The summed E-state index contributed by atoms with van der Waals surface area (Å²) in [7, 11) is 2.10. The summed E-state index contributed by atoms with van der Waals surface area (Å²) in [6.45, 7) is 0. The van der Waals surface area contributed by atoms with E-state index in [-0.39, 0.29) is 0 Å². The first-order chi connectivity index (χ1) is 5.35. The molecule has 0 aromatic carbocycles. The zero-order chi connectivity index (χ0) is 7.73. The third-order valence-electron chi connectivity index (χ3n) is 3.87. The fraction of sp³-hybridized carbons (Fsp3) is 1.00. The standard InChI is InChI=1S/C10H19N/c1-11-9-3-7-10(8-4-9)5-2-6-10/h9,11H,2-8H2,1H3. The van der Waals surface area contributed by atoms with Crippen LogP contribution in [0, 0.1) is 5.41 Å². The van der Waals surface area contributed by atoms with Crippen LogP contribution < -0.4 is 5.32 Å². The van der Waals surface area contributed by atoms with Gasteiger partial charge in [-0.2, -0.15) is 0 Å². The summed E-state index contributed by atoms with van der Waals surface area (Å²) < 4.78 is 0. The van der Waals surface area contributed by atoms with E-state index in [1.54, 1.807) is 0 Å². The van der Waals surface area contributed by atoms with Crippen molar-refractivity contribution in [2.24, 2.45) is 5.41 Å². The Bertz CT molecular complexity index is 128. The molecule has 1 nitrogen and oxygen atoms in total. The highest BCUT2D eigenvalue weighted by molar-refractivity contribution is 4.92. The van der Waals surface area contributed by atoms with E-state index in [1.807, 2.05) is 0 Å². The molecule has 0 amide bonds. The van der Waals surface area contributed by atoms with E-state index in [0.29, 0.717) is 0 Å². The SMILES string of the molecule is CNC1CCC2(CCC2)CC1. The fourth-order valence-corrected chi connectivity index (χ4v) is 2.70. The van der Waals surface area contributed by atoms with E-state index in [4.69, 9.17) is 0 Å². The van der Waals surface area contributed by atoms with Gasteiger partial charge in [0.25, 0.3) is 0 Å². The predicted molar refractivity (Wildman–Crippen MR) is 47.6 cm³/mol. The molecule has 1 heteroatoms. The topological polar surface area (TPSA) is 12.0 Å². The Kier molecular flexibility index (Phi) is 1.92. The van der Waals surface area contributed by atoms with Crippen LogP contribution in [0.15, 0.2) is 0 Å². The second-order valence-corrected chi connectivity index (χ2v) is 4.42. The predicted octanol–water partition coefficient (Wildman–Crippen LogP) is 2.32.